The van der Waals surface area contributed by atoms with Crippen molar-refractivity contribution in [2.24, 2.45) is 0 Å². The van der Waals surface area contributed by atoms with Crippen LogP contribution >= 0.6 is 0 Å². The second-order valence-corrected chi connectivity index (χ2v) is 8.38. The Labute approximate surface area is 149 Å². The number of aliphatic hydroxyl groups is 2. The van der Waals surface area contributed by atoms with E-state index in [1.165, 1.54) is 24.0 Å². The van der Waals surface area contributed by atoms with Gasteiger partial charge in [-0.3, -0.25) is 0 Å². The molecule has 2 N–H and O–H groups in total. The molecule has 0 aromatic heterocycles. The summed E-state index contributed by atoms with van der Waals surface area (Å²) in [5.41, 5.74) is 3.27. The van der Waals surface area contributed by atoms with Crippen LogP contribution < -0.4 is 0 Å². The first-order valence-corrected chi connectivity index (χ1v) is 9.67. The maximum Gasteiger partial charge on any atom is 0.0431 e. The van der Waals surface area contributed by atoms with Crippen molar-refractivity contribution < 1.29 is 10.2 Å². The molecule has 1 aromatic rings. The summed E-state index contributed by atoms with van der Waals surface area (Å²) in [4.78, 5) is 0. The summed E-state index contributed by atoms with van der Waals surface area (Å²) in [6.07, 6.45) is 8.67. The fourth-order valence-electron chi connectivity index (χ4n) is 3.64. The molecule has 0 unspecified atom stereocenters. The van der Waals surface area contributed by atoms with Gasteiger partial charge in [0.2, 0.25) is 0 Å². The molecule has 0 fully saturated rings. The van der Waals surface area contributed by atoms with Crippen LogP contribution in [0, 0.1) is 0 Å². The van der Waals surface area contributed by atoms with Gasteiger partial charge in [0.1, 0.15) is 0 Å². The Balaban J connectivity index is 2.85. The van der Waals surface area contributed by atoms with Crippen molar-refractivity contribution >= 4 is 0 Å². The summed E-state index contributed by atoms with van der Waals surface area (Å²) in [7, 11) is 0. The van der Waals surface area contributed by atoms with Crippen molar-refractivity contribution in [2.75, 3.05) is 13.2 Å². The van der Waals surface area contributed by atoms with Gasteiger partial charge < -0.3 is 10.2 Å². The van der Waals surface area contributed by atoms with Gasteiger partial charge in [0.05, 0.1) is 0 Å². The van der Waals surface area contributed by atoms with Gasteiger partial charge in [-0.05, 0) is 47.6 Å². The Bertz CT molecular complexity index is 420. The molecular formula is C22H38O2. The van der Waals surface area contributed by atoms with Gasteiger partial charge in [-0.2, -0.15) is 0 Å². The standard InChI is InChI=1S/C22H38O2/c1-21(2,15-9-5-11-17-23)19-13-7-8-14-20(19)22(3,4)16-10-6-12-18-24/h7-8,13-14,23-24H,5-6,9-12,15-18H2,1-4H3. The molecule has 0 aliphatic carbocycles. The monoisotopic (exact) mass is 334 g/mol. The average molecular weight is 335 g/mol. The zero-order chi connectivity index (χ0) is 18.1. The smallest absolute Gasteiger partial charge is 0.0431 e. The highest BCUT2D eigenvalue weighted by atomic mass is 16.3. The number of hydrogen-bond donors (Lipinski definition) is 2. The minimum atomic E-state index is 0.161. The highest BCUT2D eigenvalue weighted by molar-refractivity contribution is 5.38. The first-order valence-electron chi connectivity index (χ1n) is 9.67. The Morgan fingerprint density at radius 2 is 1.00 bits per heavy atom. The molecular weight excluding hydrogens is 296 g/mol. The van der Waals surface area contributed by atoms with Gasteiger partial charge >= 0.3 is 0 Å². The number of aliphatic hydroxyl groups excluding tert-OH is 2. The van der Waals surface area contributed by atoms with Crippen molar-refractivity contribution in [1.82, 2.24) is 0 Å². The normalized spacial score (nSPS) is 12.6. The SMILES string of the molecule is CC(C)(CCCCCO)c1ccccc1C(C)(C)CCCCCO. The Morgan fingerprint density at radius 3 is 1.33 bits per heavy atom. The topological polar surface area (TPSA) is 40.5 Å². The first-order chi connectivity index (χ1) is 11.3. The van der Waals surface area contributed by atoms with E-state index in [9.17, 15) is 0 Å². The number of hydrogen-bond acceptors (Lipinski definition) is 2. The van der Waals surface area contributed by atoms with Crippen LogP contribution in [0.2, 0.25) is 0 Å². The highest BCUT2D eigenvalue weighted by Crippen LogP contribution is 2.39. The zero-order valence-electron chi connectivity index (χ0n) is 16.3. The molecule has 0 heterocycles. The fourth-order valence-corrected chi connectivity index (χ4v) is 3.64. The second kappa shape index (κ2) is 10.2. The molecule has 0 aliphatic rings. The van der Waals surface area contributed by atoms with Crippen molar-refractivity contribution in [3.05, 3.63) is 35.4 Å². The molecule has 1 aromatic carbocycles. The van der Waals surface area contributed by atoms with Gasteiger partial charge in [-0.25, -0.2) is 0 Å². The Hall–Kier alpha value is -0.860. The summed E-state index contributed by atoms with van der Waals surface area (Å²) in [5.74, 6) is 0. The summed E-state index contributed by atoms with van der Waals surface area (Å²) in [6, 6.07) is 8.93. The van der Waals surface area contributed by atoms with E-state index in [1.807, 2.05) is 0 Å². The van der Waals surface area contributed by atoms with E-state index in [0.717, 1.165) is 38.5 Å². The molecule has 2 heteroatoms. The van der Waals surface area contributed by atoms with Crippen LogP contribution in [0.15, 0.2) is 24.3 Å². The molecule has 0 saturated carbocycles. The van der Waals surface area contributed by atoms with Crippen molar-refractivity contribution in [3.8, 4) is 0 Å². The predicted octanol–water partition coefficient (Wildman–Crippen LogP) is 5.35. The lowest BCUT2D eigenvalue weighted by molar-refractivity contribution is 0.278. The number of rotatable bonds is 12. The Kier molecular flexibility index (Phi) is 9.01. The van der Waals surface area contributed by atoms with E-state index in [-0.39, 0.29) is 10.8 Å². The molecule has 24 heavy (non-hydrogen) atoms. The van der Waals surface area contributed by atoms with Crippen LogP contribution in [-0.4, -0.2) is 23.4 Å². The number of unbranched alkanes of at least 4 members (excludes halogenated alkanes) is 4. The molecule has 138 valence electrons. The van der Waals surface area contributed by atoms with E-state index in [0.29, 0.717) is 13.2 Å². The van der Waals surface area contributed by atoms with Gasteiger partial charge in [0.15, 0.2) is 0 Å². The van der Waals surface area contributed by atoms with Crippen LogP contribution in [0.25, 0.3) is 0 Å². The maximum absolute atomic E-state index is 8.97. The van der Waals surface area contributed by atoms with Crippen LogP contribution in [0.5, 0.6) is 0 Å². The van der Waals surface area contributed by atoms with Crippen LogP contribution in [0.3, 0.4) is 0 Å². The largest absolute Gasteiger partial charge is 0.396 e. The Morgan fingerprint density at radius 1 is 0.625 bits per heavy atom. The summed E-state index contributed by atoms with van der Waals surface area (Å²) < 4.78 is 0. The highest BCUT2D eigenvalue weighted by Gasteiger charge is 2.29. The number of benzene rings is 1. The van der Waals surface area contributed by atoms with Crippen molar-refractivity contribution in [2.45, 2.75) is 89.9 Å². The van der Waals surface area contributed by atoms with E-state index >= 15 is 0 Å². The molecule has 0 saturated heterocycles. The van der Waals surface area contributed by atoms with E-state index in [1.54, 1.807) is 0 Å². The van der Waals surface area contributed by atoms with Gasteiger partial charge in [-0.15, -0.1) is 0 Å². The molecule has 0 bridgehead atoms. The van der Waals surface area contributed by atoms with Gasteiger partial charge in [0, 0.05) is 13.2 Å². The predicted molar refractivity (Wildman–Crippen MR) is 104 cm³/mol. The van der Waals surface area contributed by atoms with Crippen molar-refractivity contribution in [1.29, 1.82) is 0 Å². The molecule has 0 aliphatic heterocycles. The molecule has 0 spiro atoms. The minimum Gasteiger partial charge on any atom is -0.396 e. The van der Waals surface area contributed by atoms with Crippen LogP contribution in [-0.2, 0) is 10.8 Å². The van der Waals surface area contributed by atoms with E-state index in [2.05, 4.69) is 52.0 Å². The maximum atomic E-state index is 8.97. The van der Waals surface area contributed by atoms with Gasteiger partial charge in [-0.1, -0.05) is 77.6 Å². The molecule has 0 atom stereocenters. The zero-order valence-corrected chi connectivity index (χ0v) is 16.3. The third kappa shape index (κ3) is 6.57. The van der Waals surface area contributed by atoms with Crippen LogP contribution in [0.4, 0.5) is 0 Å². The van der Waals surface area contributed by atoms with E-state index in [4.69, 9.17) is 10.2 Å². The lowest BCUT2D eigenvalue weighted by Crippen LogP contribution is -2.26. The minimum absolute atomic E-state index is 0.161. The second-order valence-electron chi connectivity index (χ2n) is 8.38. The third-order valence-corrected chi connectivity index (χ3v) is 5.31. The molecule has 2 nitrogen and oxygen atoms in total. The van der Waals surface area contributed by atoms with E-state index < -0.39 is 0 Å². The van der Waals surface area contributed by atoms with Crippen molar-refractivity contribution in [3.63, 3.8) is 0 Å². The molecule has 0 amide bonds. The average Bonchev–Trinajstić information content (AvgIpc) is 2.56. The fraction of sp³-hybridized carbons (Fsp3) is 0.727. The van der Waals surface area contributed by atoms with Gasteiger partial charge in [0.25, 0.3) is 0 Å². The molecule has 0 radical (unpaired) electrons. The summed E-state index contributed by atoms with van der Waals surface area (Å²) >= 11 is 0. The summed E-state index contributed by atoms with van der Waals surface area (Å²) in [6.45, 7) is 10.0. The lowest BCUT2D eigenvalue weighted by atomic mass is 9.70. The lowest BCUT2D eigenvalue weighted by Gasteiger charge is -2.35. The molecule has 1 rings (SSSR count). The first kappa shape index (κ1) is 21.2. The summed E-state index contributed by atoms with van der Waals surface area (Å²) in [5, 5.41) is 17.9. The quantitative estimate of drug-likeness (QED) is 0.506. The van der Waals surface area contributed by atoms with Crippen LogP contribution in [0.1, 0.15) is 90.2 Å². The third-order valence-electron chi connectivity index (χ3n) is 5.31.